The third kappa shape index (κ3) is 7.97. The Labute approximate surface area is 256 Å². The molecule has 0 spiro atoms. The van der Waals surface area contributed by atoms with Crippen LogP contribution >= 0.6 is 0 Å². The van der Waals surface area contributed by atoms with Gasteiger partial charge < -0.3 is 14.9 Å². The molecule has 2 aromatic carbocycles. The minimum Gasteiger partial charge on any atom is -0.410 e. The number of nitrogens with zero attached hydrogens (tertiary/aromatic N) is 1. The Morgan fingerprint density at radius 1 is 0.909 bits per heavy atom. The maximum Gasteiger partial charge on any atom is 0.417 e. The van der Waals surface area contributed by atoms with Gasteiger partial charge in [-0.05, 0) is 53.9 Å². The van der Waals surface area contributed by atoms with Crippen molar-refractivity contribution in [2.45, 2.75) is 71.1 Å². The molecule has 1 aromatic heterocycles. The van der Waals surface area contributed by atoms with E-state index in [0.717, 1.165) is 4.57 Å². The van der Waals surface area contributed by atoms with Crippen molar-refractivity contribution >= 4 is 26.0 Å². The molecule has 8 nitrogen and oxygen atoms in total. The van der Waals surface area contributed by atoms with E-state index >= 15 is 0 Å². The summed E-state index contributed by atoms with van der Waals surface area (Å²) in [5.41, 5.74) is 5.23. The van der Waals surface area contributed by atoms with Gasteiger partial charge in [-0.25, -0.2) is 4.79 Å². The molecular weight excluding hydrogens is 591 g/mol. The Hall–Kier alpha value is -3.90. The Balaban J connectivity index is 2.26. The van der Waals surface area contributed by atoms with Crippen LogP contribution in [0, 0.1) is 11.8 Å². The molecule has 3 atom stereocenters. The van der Waals surface area contributed by atoms with Gasteiger partial charge in [-0.2, -0.15) is 13.2 Å². The first-order chi connectivity index (χ1) is 20.3. The maximum atomic E-state index is 15.0. The molecule has 2 amide bonds. The standard InChI is InChI=1S/C32H40F3N3O5Si/c1-20(2)25(27(32(33,34)35)43-44(6,7)31(3,4)5)26(28(36)39)38-24(21-14-10-8-11-15-21)19-18-23(29(38)40)37-30(41)42-22-16-12-9-13-17-22/h8-20,25-27H,1-7H3,(H2,36,39)(H,37,41). The van der Waals surface area contributed by atoms with E-state index in [-0.39, 0.29) is 17.1 Å². The first-order valence-electron chi connectivity index (χ1n) is 14.2. The van der Waals surface area contributed by atoms with Crippen molar-refractivity contribution in [3.05, 3.63) is 83.2 Å². The monoisotopic (exact) mass is 631 g/mol. The van der Waals surface area contributed by atoms with Gasteiger partial charge in [0.1, 0.15) is 23.6 Å². The summed E-state index contributed by atoms with van der Waals surface area (Å²) in [5, 5.41) is 1.78. The van der Waals surface area contributed by atoms with Crippen LogP contribution in [0.2, 0.25) is 18.1 Å². The molecule has 3 aromatic rings. The Bertz CT molecular complexity index is 1500. The lowest BCUT2D eigenvalue weighted by atomic mass is 9.82. The Morgan fingerprint density at radius 3 is 1.93 bits per heavy atom. The van der Waals surface area contributed by atoms with Crippen LogP contribution in [0.5, 0.6) is 5.75 Å². The minimum atomic E-state index is -4.90. The third-order valence-corrected chi connectivity index (χ3v) is 12.4. The number of halogens is 3. The summed E-state index contributed by atoms with van der Waals surface area (Å²) in [6.45, 7) is 11.9. The Morgan fingerprint density at radius 2 is 1.45 bits per heavy atom. The number of amides is 2. The van der Waals surface area contributed by atoms with Gasteiger partial charge in [0.15, 0.2) is 8.32 Å². The fraction of sp³-hybridized carbons (Fsp3) is 0.406. The summed E-state index contributed by atoms with van der Waals surface area (Å²) in [6, 6.07) is 17.4. The van der Waals surface area contributed by atoms with Gasteiger partial charge >= 0.3 is 12.3 Å². The molecule has 0 aliphatic carbocycles. The fourth-order valence-electron chi connectivity index (χ4n) is 4.73. The number of nitrogens with two attached hydrogens (primary N) is 1. The number of para-hydroxylation sites is 1. The highest BCUT2D eigenvalue weighted by molar-refractivity contribution is 6.74. The number of anilines is 1. The normalized spacial score (nSPS) is 14.5. The van der Waals surface area contributed by atoms with Crippen molar-refractivity contribution in [1.29, 1.82) is 0 Å². The highest BCUT2D eigenvalue weighted by Gasteiger charge is 2.55. The molecule has 3 unspecified atom stereocenters. The highest BCUT2D eigenvalue weighted by atomic mass is 28.4. The summed E-state index contributed by atoms with van der Waals surface area (Å²) in [4.78, 5) is 40.1. The molecule has 3 N–H and O–H groups in total. The second-order valence-corrected chi connectivity index (χ2v) is 17.3. The summed E-state index contributed by atoms with van der Waals surface area (Å²) in [6.07, 6.45) is -8.32. The first kappa shape index (κ1) is 34.6. The molecule has 0 saturated heterocycles. The van der Waals surface area contributed by atoms with Crippen molar-refractivity contribution in [3.8, 4) is 17.0 Å². The van der Waals surface area contributed by atoms with Gasteiger partial charge in [-0.3, -0.25) is 19.5 Å². The fourth-order valence-corrected chi connectivity index (χ4v) is 6.01. The van der Waals surface area contributed by atoms with E-state index in [1.807, 2.05) is 20.8 Å². The van der Waals surface area contributed by atoms with E-state index < -0.39 is 61.1 Å². The number of ether oxygens (including phenoxy) is 1. The number of nitrogens with one attached hydrogen (secondary N) is 1. The van der Waals surface area contributed by atoms with Crippen LogP contribution in [0.1, 0.15) is 40.7 Å². The molecule has 0 radical (unpaired) electrons. The van der Waals surface area contributed by atoms with Gasteiger partial charge in [0.05, 0.1) is 5.69 Å². The van der Waals surface area contributed by atoms with E-state index in [2.05, 4.69) is 5.32 Å². The van der Waals surface area contributed by atoms with Crippen LogP contribution in [0.25, 0.3) is 11.3 Å². The van der Waals surface area contributed by atoms with E-state index in [1.165, 1.54) is 38.1 Å². The van der Waals surface area contributed by atoms with Gasteiger partial charge in [0.25, 0.3) is 5.56 Å². The molecule has 0 fully saturated rings. The van der Waals surface area contributed by atoms with Crippen LogP contribution in [0.15, 0.2) is 77.6 Å². The zero-order valence-electron chi connectivity index (χ0n) is 25.9. The Kier molecular flexibility index (Phi) is 10.5. The second kappa shape index (κ2) is 13.4. The van der Waals surface area contributed by atoms with Crippen molar-refractivity contribution in [1.82, 2.24) is 4.57 Å². The van der Waals surface area contributed by atoms with Crippen LogP contribution in [-0.2, 0) is 9.22 Å². The second-order valence-electron chi connectivity index (χ2n) is 12.5. The SMILES string of the molecule is CC(C)C(C(C(N)=O)n1c(-c2ccccc2)ccc(NC(=O)Oc2ccccc2)c1=O)C(O[Si](C)(C)C(C)(C)C)C(F)(F)F. The predicted molar refractivity (Wildman–Crippen MR) is 167 cm³/mol. The number of carbonyl (C=O) groups excluding carboxylic acids is 2. The number of primary amides is 1. The summed E-state index contributed by atoms with van der Waals surface area (Å²) < 4.78 is 57.0. The lowest BCUT2D eigenvalue weighted by Crippen LogP contribution is -2.55. The van der Waals surface area contributed by atoms with E-state index in [9.17, 15) is 27.6 Å². The molecule has 0 aliphatic heterocycles. The van der Waals surface area contributed by atoms with Gasteiger partial charge in [-0.1, -0.05) is 83.1 Å². The molecule has 12 heteroatoms. The van der Waals surface area contributed by atoms with Crippen molar-refractivity contribution in [2.75, 3.05) is 5.32 Å². The van der Waals surface area contributed by atoms with Crippen molar-refractivity contribution < 1.29 is 31.9 Å². The van der Waals surface area contributed by atoms with Crippen LogP contribution in [0.4, 0.5) is 23.7 Å². The minimum absolute atomic E-state index is 0.139. The molecule has 0 bridgehead atoms. The van der Waals surface area contributed by atoms with E-state index in [4.69, 9.17) is 14.9 Å². The number of hydrogen-bond acceptors (Lipinski definition) is 5. The van der Waals surface area contributed by atoms with Gasteiger partial charge in [-0.15, -0.1) is 0 Å². The highest BCUT2D eigenvalue weighted by Crippen LogP contribution is 2.45. The zero-order valence-corrected chi connectivity index (χ0v) is 26.9. The summed E-state index contributed by atoms with van der Waals surface area (Å²) in [5.74, 6) is -3.37. The van der Waals surface area contributed by atoms with Crippen molar-refractivity contribution in [3.63, 3.8) is 0 Å². The molecule has 44 heavy (non-hydrogen) atoms. The molecule has 0 saturated carbocycles. The molecular formula is C32H40F3N3O5Si. The number of hydrogen-bond donors (Lipinski definition) is 2. The van der Waals surface area contributed by atoms with Crippen LogP contribution < -0.4 is 21.3 Å². The predicted octanol–water partition coefficient (Wildman–Crippen LogP) is 7.38. The molecule has 238 valence electrons. The summed E-state index contributed by atoms with van der Waals surface area (Å²) in [7, 11) is -3.06. The largest absolute Gasteiger partial charge is 0.417 e. The van der Waals surface area contributed by atoms with E-state index in [0.29, 0.717) is 5.56 Å². The van der Waals surface area contributed by atoms with Gasteiger partial charge in [0, 0.05) is 5.92 Å². The average Bonchev–Trinajstić information content (AvgIpc) is 2.91. The van der Waals surface area contributed by atoms with Crippen LogP contribution in [0.3, 0.4) is 0 Å². The number of aromatic nitrogens is 1. The number of pyridine rings is 1. The third-order valence-electron chi connectivity index (χ3n) is 7.98. The number of rotatable bonds is 10. The topological polar surface area (TPSA) is 113 Å². The quantitative estimate of drug-likeness (QED) is 0.227. The first-order valence-corrected chi connectivity index (χ1v) is 17.1. The smallest absolute Gasteiger partial charge is 0.410 e. The summed E-state index contributed by atoms with van der Waals surface area (Å²) >= 11 is 0. The molecule has 3 rings (SSSR count). The molecule has 0 aliphatic rings. The van der Waals surface area contributed by atoms with Gasteiger partial charge in [0.2, 0.25) is 5.91 Å². The zero-order chi connectivity index (χ0) is 33.0. The number of carbonyl (C=O) groups is 2. The number of benzene rings is 2. The van der Waals surface area contributed by atoms with Crippen LogP contribution in [-0.4, -0.2) is 37.2 Å². The lowest BCUT2D eigenvalue weighted by molar-refractivity contribution is -0.222. The average molecular weight is 632 g/mol. The van der Waals surface area contributed by atoms with Crippen molar-refractivity contribution in [2.24, 2.45) is 17.6 Å². The van der Waals surface area contributed by atoms with E-state index in [1.54, 1.807) is 61.6 Å². The maximum absolute atomic E-state index is 15.0. The lowest BCUT2D eigenvalue weighted by Gasteiger charge is -2.44. The number of alkyl halides is 3. The molecule has 1 heterocycles.